The van der Waals surface area contributed by atoms with Gasteiger partial charge < -0.3 is 14.6 Å². The molecule has 9 heteroatoms. The fourth-order valence-corrected chi connectivity index (χ4v) is 3.24. The maximum Gasteiger partial charge on any atom is 0.335 e. The van der Waals surface area contributed by atoms with Crippen molar-refractivity contribution in [3.63, 3.8) is 0 Å². The second-order valence-electron chi connectivity index (χ2n) is 6.49. The van der Waals surface area contributed by atoms with E-state index in [1.807, 2.05) is 0 Å². The maximum absolute atomic E-state index is 12.3. The fraction of sp³-hybridized carbons (Fsp3) is 0.0870. The predicted molar refractivity (Wildman–Crippen MR) is 122 cm³/mol. The smallest absolute Gasteiger partial charge is 0.335 e. The van der Waals surface area contributed by atoms with Gasteiger partial charge in [-0.25, -0.2) is 10.2 Å². The second kappa shape index (κ2) is 10.7. The number of hydrogen-bond acceptors (Lipinski definition) is 5. The third kappa shape index (κ3) is 5.78. The molecule has 7 nitrogen and oxygen atoms in total. The summed E-state index contributed by atoms with van der Waals surface area (Å²) in [5.41, 5.74) is 4.18. The lowest BCUT2D eigenvalue weighted by molar-refractivity contribution is 0.0696. The highest BCUT2D eigenvalue weighted by Gasteiger charge is 2.12. The van der Waals surface area contributed by atoms with Crippen LogP contribution in [0.2, 0.25) is 10.0 Å². The molecule has 0 radical (unpaired) electrons. The highest BCUT2D eigenvalue weighted by molar-refractivity contribution is 6.36. The second-order valence-corrected chi connectivity index (χ2v) is 7.34. The van der Waals surface area contributed by atoms with Crippen LogP contribution in [0.4, 0.5) is 0 Å². The zero-order chi connectivity index (χ0) is 23.1. The van der Waals surface area contributed by atoms with E-state index in [1.165, 1.54) is 37.6 Å². The summed E-state index contributed by atoms with van der Waals surface area (Å²) in [4.78, 5) is 23.3. The zero-order valence-electron chi connectivity index (χ0n) is 16.8. The standard InChI is InChI=1S/C23H18Cl2N2O5/c1-31-20-4-2-3-16(12-26-27-22(28)18-10-9-17(24)11-19(18)25)21(20)32-13-14-5-7-15(8-6-14)23(29)30/h2-12H,13H2,1H3,(H,27,28)(H,29,30)/b26-12-. The molecule has 0 fully saturated rings. The normalized spacial score (nSPS) is 10.7. The van der Waals surface area contributed by atoms with Gasteiger partial charge in [0.15, 0.2) is 11.5 Å². The van der Waals surface area contributed by atoms with Crippen LogP contribution in [-0.2, 0) is 6.61 Å². The van der Waals surface area contributed by atoms with E-state index in [-0.39, 0.29) is 22.8 Å². The molecule has 32 heavy (non-hydrogen) atoms. The van der Waals surface area contributed by atoms with Crippen molar-refractivity contribution >= 4 is 41.3 Å². The monoisotopic (exact) mass is 472 g/mol. The number of rotatable bonds is 8. The van der Waals surface area contributed by atoms with Gasteiger partial charge in [-0.2, -0.15) is 5.10 Å². The number of hydrogen-bond donors (Lipinski definition) is 2. The lowest BCUT2D eigenvalue weighted by Gasteiger charge is -2.13. The number of nitrogens with zero attached hydrogens (tertiary/aromatic N) is 1. The molecule has 0 spiro atoms. The lowest BCUT2D eigenvalue weighted by atomic mass is 10.1. The number of carbonyl (C=O) groups excluding carboxylic acids is 1. The van der Waals surface area contributed by atoms with Gasteiger partial charge in [0.2, 0.25) is 0 Å². The van der Waals surface area contributed by atoms with Crippen LogP contribution in [-0.4, -0.2) is 30.3 Å². The Kier molecular flexibility index (Phi) is 7.70. The van der Waals surface area contributed by atoms with Crippen molar-refractivity contribution in [2.75, 3.05) is 7.11 Å². The first-order chi connectivity index (χ1) is 15.4. The molecule has 1 amide bonds. The molecule has 0 saturated carbocycles. The molecule has 0 heterocycles. The average Bonchev–Trinajstić information content (AvgIpc) is 2.78. The van der Waals surface area contributed by atoms with Crippen molar-refractivity contribution in [2.45, 2.75) is 6.61 Å². The van der Waals surface area contributed by atoms with Crippen LogP contribution in [0.5, 0.6) is 11.5 Å². The van der Waals surface area contributed by atoms with Crippen molar-refractivity contribution in [2.24, 2.45) is 5.10 Å². The Morgan fingerprint density at radius 3 is 2.50 bits per heavy atom. The van der Waals surface area contributed by atoms with Gasteiger partial charge in [0.25, 0.3) is 5.91 Å². The van der Waals surface area contributed by atoms with Gasteiger partial charge in [-0.3, -0.25) is 4.79 Å². The van der Waals surface area contributed by atoms with Gasteiger partial charge in [-0.05, 0) is 48.0 Å². The molecule has 0 bridgehead atoms. The van der Waals surface area contributed by atoms with Crippen molar-refractivity contribution in [3.8, 4) is 11.5 Å². The molecule has 3 aromatic rings. The molecule has 0 aromatic heterocycles. The molecule has 0 aliphatic rings. The van der Waals surface area contributed by atoms with Crippen molar-refractivity contribution in [1.82, 2.24) is 5.43 Å². The number of halogens is 2. The summed E-state index contributed by atoms with van der Waals surface area (Å²) in [7, 11) is 1.51. The van der Waals surface area contributed by atoms with Crippen molar-refractivity contribution < 1.29 is 24.2 Å². The van der Waals surface area contributed by atoms with Gasteiger partial charge in [0.1, 0.15) is 6.61 Å². The summed E-state index contributed by atoms with van der Waals surface area (Å²) >= 11 is 11.9. The molecule has 0 saturated heterocycles. The van der Waals surface area contributed by atoms with E-state index < -0.39 is 11.9 Å². The quantitative estimate of drug-likeness (QED) is 0.353. The number of benzene rings is 3. The first-order valence-corrected chi connectivity index (χ1v) is 10.0. The Balaban J connectivity index is 1.74. The molecule has 0 atom stereocenters. The number of aromatic carboxylic acids is 1. The van der Waals surface area contributed by atoms with E-state index in [2.05, 4.69) is 10.5 Å². The number of carbonyl (C=O) groups is 2. The van der Waals surface area contributed by atoms with Crippen LogP contribution in [0.25, 0.3) is 0 Å². The molecule has 3 rings (SSSR count). The van der Waals surface area contributed by atoms with E-state index in [4.69, 9.17) is 37.8 Å². The average molecular weight is 473 g/mol. The molecule has 164 valence electrons. The fourth-order valence-electron chi connectivity index (χ4n) is 2.74. The third-order valence-corrected chi connectivity index (χ3v) is 4.91. The minimum absolute atomic E-state index is 0.174. The Morgan fingerprint density at radius 1 is 1.09 bits per heavy atom. The van der Waals surface area contributed by atoms with Crippen molar-refractivity contribution in [3.05, 3.63) is 93.0 Å². The number of carboxylic acid groups (broad SMARTS) is 1. The summed E-state index contributed by atoms with van der Waals surface area (Å²) in [6, 6.07) is 16.1. The molecule has 0 unspecified atom stereocenters. The first-order valence-electron chi connectivity index (χ1n) is 9.29. The summed E-state index contributed by atoms with van der Waals surface area (Å²) in [5.74, 6) is -0.600. The molecular weight excluding hydrogens is 455 g/mol. The summed E-state index contributed by atoms with van der Waals surface area (Å²) in [5, 5.41) is 13.6. The Bertz CT molecular complexity index is 1160. The highest BCUT2D eigenvalue weighted by Crippen LogP contribution is 2.31. The van der Waals surface area contributed by atoms with Crippen LogP contribution in [0.1, 0.15) is 31.8 Å². The Morgan fingerprint density at radius 2 is 1.84 bits per heavy atom. The van der Waals surface area contributed by atoms with E-state index in [1.54, 1.807) is 36.4 Å². The van der Waals surface area contributed by atoms with E-state index >= 15 is 0 Å². The lowest BCUT2D eigenvalue weighted by Crippen LogP contribution is -2.18. The molecule has 2 N–H and O–H groups in total. The van der Waals surface area contributed by atoms with E-state index in [0.717, 1.165) is 5.56 Å². The van der Waals surface area contributed by atoms with Crippen molar-refractivity contribution in [1.29, 1.82) is 0 Å². The maximum atomic E-state index is 12.3. The molecule has 0 aliphatic carbocycles. The summed E-state index contributed by atoms with van der Waals surface area (Å²) in [6.45, 7) is 0.174. The van der Waals surface area contributed by atoms with Crippen LogP contribution < -0.4 is 14.9 Å². The topological polar surface area (TPSA) is 97.2 Å². The molecular formula is C23H18Cl2N2O5. The largest absolute Gasteiger partial charge is 0.493 e. The SMILES string of the molecule is COc1cccc(/C=N\NC(=O)c2ccc(Cl)cc2Cl)c1OCc1ccc(C(=O)O)cc1. The van der Waals surface area contributed by atoms with E-state index in [0.29, 0.717) is 22.1 Å². The van der Waals surface area contributed by atoms with Crippen LogP contribution in [0.3, 0.4) is 0 Å². The minimum Gasteiger partial charge on any atom is -0.493 e. The van der Waals surface area contributed by atoms with Gasteiger partial charge in [0.05, 0.1) is 29.5 Å². The van der Waals surface area contributed by atoms with E-state index in [9.17, 15) is 9.59 Å². The Hall–Kier alpha value is -3.55. The number of para-hydroxylation sites is 1. The molecule has 0 aliphatic heterocycles. The zero-order valence-corrected chi connectivity index (χ0v) is 18.4. The van der Waals surface area contributed by atoms with Gasteiger partial charge >= 0.3 is 5.97 Å². The predicted octanol–water partition coefficient (Wildman–Crippen LogP) is 5.04. The first kappa shape index (κ1) is 23.1. The number of amides is 1. The van der Waals surface area contributed by atoms with Gasteiger partial charge in [0, 0.05) is 10.6 Å². The summed E-state index contributed by atoms with van der Waals surface area (Å²) in [6.07, 6.45) is 1.42. The number of hydrazone groups is 1. The van der Waals surface area contributed by atoms with Crippen LogP contribution in [0.15, 0.2) is 65.8 Å². The Labute approximate surface area is 194 Å². The number of ether oxygens (including phenoxy) is 2. The van der Waals surface area contributed by atoms with Crippen LogP contribution >= 0.6 is 23.2 Å². The third-order valence-electron chi connectivity index (χ3n) is 4.36. The number of nitrogens with one attached hydrogen (secondary N) is 1. The van der Waals surface area contributed by atoms with Gasteiger partial charge in [-0.15, -0.1) is 0 Å². The molecule has 3 aromatic carbocycles. The van der Waals surface area contributed by atoms with Crippen LogP contribution in [0, 0.1) is 0 Å². The number of carboxylic acids is 1. The van der Waals surface area contributed by atoms with Gasteiger partial charge in [-0.1, -0.05) is 41.4 Å². The number of methoxy groups -OCH3 is 1. The summed E-state index contributed by atoms with van der Waals surface area (Å²) < 4.78 is 11.3. The highest BCUT2D eigenvalue weighted by atomic mass is 35.5. The minimum atomic E-state index is -0.998.